The smallest absolute Gasteiger partial charge is 0.310 e. The number of hydrogen-bond acceptors (Lipinski definition) is 3. The molecule has 0 saturated carbocycles. The summed E-state index contributed by atoms with van der Waals surface area (Å²) in [6, 6.07) is 0. The molecule has 0 rings (SSSR count). The minimum atomic E-state index is -0.135. The molecule has 0 aromatic carbocycles. The zero-order chi connectivity index (χ0) is 11.8. The van der Waals surface area contributed by atoms with E-state index in [1.165, 1.54) is 0 Å². The van der Waals surface area contributed by atoms with E-state index in [1.807, 2.05) is 6.92 Å². The van der Waals surface area contributed by atoms with Crippen LogP contribution < -0.4 is 5.73 Å². The molecule has 0 bridgehead atoms. The first kappa shape index (κ1) is 14.4. The van der Waals surface area contributed by atoms with E-state index in [9.17, 15) is 4.79 Å². The second-order valence-electron chi connectivity index (χ2n) is 4.60. The Kier molecular flexibility index (Phi) is 7.39. The number of hydrogen-bond donors (Lipinski definition) is 1. The van der Waals surface area contributed by atoms with Gasteiger partial charge in [0.2, 0.25) is 0 Å². The van der Waals surface area contributed by atoms with Gasteiger partial charge in [0, 0.05) is 6.54 Å². The molecule has 0 aliphatic carbocycles. The number of esters is 1. The summed E-state index contributed by atoms with van der Waals surface area (Å²) in [7, 11) is 0. The summed E-state index contributed by atoms with van der Waals surface area (Å²) >= 11 is 0. The van der Waals surface area contributed by atoms with E-state index >= 15 is 0 Å². The van der Waals surface area contributed by atoms with Crippen LogP contribution in [-0.4, -0.2) is 18.6 Å². The van der Waals surface area contributed by atoms with Crippen LogP contribution in [0.2, 0.25) is 0 Å². The maximum Gasteiger partial charge on any atom is 0.310 e. The van der Waals surface area contributed by atoms with E-state index in [4.69, 9.17) is 10.5 Å². The van der Waals surface area contributed by atoms with Gasteiger partial charge in [-0.3, -0.25) is 4.79 Å². The molecule has 15 heavy (non-hydrogen) atoms. The largest absolute Gasteiger partial charge is 0.462 e. The van der Waals surface area contributed by atoms with E-state index in [2.05, 4.69) is 20.8 Å². The quantitative estimate of drug-likeness (QED) is 0.663. The van der Waals surface area contributed by atoms with Gasteiger partial charge in [-0.1, -0.05) is 27.2 Å². The number of ether oxygens (including phenoxy) is 1. The van der Waals surface area contributed by atoms with Crippen molar-refractivity contribution >= 4 is 5.97 Å². The zero-order valence-electron chi connectivity index (χ0n) is 10.5. The molecular weight excluding hydrogens is 190 g/mol. The van der Waals surface area contributed by atoms with E-state index in [0.717, 1.165) is 19.3 Å². The minimum Gasteiger partial charge on any atom is -0.462 e. The van der Waals surface area contributed by atoms with Crippen LogP contribution in [0.25, 0.3) is 0 Å². The molecule has 2 unspecified atom stereocenters. The Labute approximate surface area is 93.4 Å². The van der Waals surface area contributed by atoms with Crippen LogP contribution in [0.1, 0.15) is 47.0 Å². The first-order valence-electron chi connectivity index (χ1n) is 5.91. The molecule has 0 fully saturated rings. The topological polar surface area (TPSA) is 52.3 Å². The second-order valence-corrected chi connectivity index (χ2v) is 4.60. The third kappa shape index (κ3) is 6.50. The predicted octanol–water partition coefficient (Wildman–Crippen LogP) is 2.34. The van der Waals surface area contributed by atoms with Crippen LogP contribution in [-0.2, 0) is 9.53 Å². The van der Waals surface area contributed by atoms with Crippen molar-refractivity contribution in [2.24, 2.45) is 17.6 Å². The fraction of sp³-hybridized carbons (Fsp3) is 0.917. The molecule has 0 aromatic heterocycles. The van der Waals surface area contributed by atoms with Gasteiger partial charge in [0.25, 0.3) is 0 Å². The van der Waals surface area contributed by atoms with Crippen molar-refractivity contribution in [1.82, 2.24) is 0 Å². The van der Waals surface area contributed by atoms with Gasteiger partial charge in [-0.05, 0) is 25.7 Å². The molecule has 0 aliphatic heterocycles. The second kappa shape index (κ2) is 7.69. The van der Waals surface area contributed by atoms with Gasteiger partial charge >= 0.3 is 5.97 Å². The highest BCUT2D eigenvalue weighted by Gasteiger charge is 2.21. The van der Waals surface area contributed by atoms with Gasteiger partial charge in [0.1, 0.15) is 0 Å². The van der Waals surface area contributed by atoms with E-state index in [0.29, 0.717) is 12.5 Å². The Morgan fingerprint density at radius 2 is 1.93 bits per heavy atom. The molecule has 0 spiro atoms. The van der Waals surface area contributed by atoms with Crippen molar-refractivity contribution in [2.45, 2.75) is 53.1 Å². The van der Waals surface area contributed by atoms with Gasteiger partial charge < -0.3 is 10.5 Å². The van der Waals surface area contributed by atoms with Gasteiger partial charge in [0.15, 0.2) is 0 Å². The first-order valence-corrected chi connectivity index (χ1v) is 5.91. The molecule has 2 atom stereocenters. The third-order valence-electron chi connectivity index (χ3n) is 2.39. The lowest BCUT2D eigenvalue weighted by Crippen LogP contribution is -2.29. The average molecular weight is 215 g/mol. The van der Waals surface area contributed by atoms with E-state index in [1.54, 1.807) is 0 Å². The summed E-state index contributed by atoms with van der Waals surface area (Å²) in [5.41, 5.74) is 5.57. The lowest BCUT2D eigenvalue weighted by molar-refractivity contribution is -0.153. The number of rotatable bonds is 7. The molecular formula is C12H25NO2. The highest BCUT2D eigenvalue weighted by molar-refractivity contribution is 5.72. The van der Waals surface area contributed by atoms with Crippen LogP contribution >= 0.6 is 0 Å². The monoisotopic (exact) mass is 215 g/mol. The molecule has 0 saturated heterocycles. The van der Waals surface area contributed by atoms with E-state index in [-0.39, 0.29) is 18.0 Å². The Hall–Kier alpha value is -0.570. The third-order valence-corrected chi connectivity index (χ3v) is 2.39. The van der Waals surface area contributed by atoms with Crippen LogP contribution in [0.4, 0.5) is 0 Å². The number of carbonyl (C=O) groups is 1. The van der Waals surface area contributed by atoms with Gasteiger partial charge in [-0.2, -0.15) is 0 Å². The maximum absolute atomic E-state index is 11.7. The first-order chi connectivity index (χ1) is 7.01. The Morgan fingerprint density at radius 3 is 2.33 bits per heavy atom. The highest BCUT2D eigenvalue weighted by atomic mass is 16.5. The predicted molar refractivity (Wildman–Crippen MR) is 62.5 cm³/mol. The Balaban J connectivity index is 4.03. The standard InChI is InChI=1S/C12H25NO2/c1-5-6-10(4)15-12(14)11(8-13)7-9(2)3/h9-11H,5-8,13H2,1-4H3. The molecule has 0 heterocycles. The molecule has 3 heteroatoms. The van der Waals surface area contributed by atoms with Crippen LogP contribution in [0.15, 0.2) is 0 Å². The van der Waals surface area contributed by atoms with Gasteiger partial charge in [-0.25, -0.2) is 0 Å². The lowest BCUT2D eigenvalue weighted by atomic mass is 9.97. The summed E-state index contributed by atoms with van der Waals surface area (Å²) in [6.45, 7) is 8.58. The van der Waals surface area contributed by atoms with Crippen LogP contribution in [0.3, 0.4) is 0 Å². The van der Waals surface area contributed by atoms with Crippen LogP contribution in [0.5, 0.6) is 0 Å². The van der Waals surface area contributed by atoms with Gasteiger partial charge in [0.05, 0.1) is 12.0 Å². The average Bonchev–Trinajstić information content (AvgIpc) is 2.13. The van der Waals surface area contributed by atoms with Crippen molar-refractivity contribution < 1.29 is 9.53 Å². The number of nitrogens with two attached hydrogens (primary N) is 1. The molecule has 0 amide bonds. The van der Waals surface area contributed by atoms with Crippen molar-refractivity contribution in [2.75, 3.05) is 6.54 Å². The fourth-order valence-corrected chi connectivity index (χ4v) is 1.62. The summed E-state index contributed by atoms with van der Waals surface area (Å²) < 4.78 is 5.33. The van der Waals surface area contributed by atoms with Crippen molar-refractivity contribution in [3.05, 3.63) is 0 Å². The number of carbonyl (C=O) groups excluding carboxylic acids is 1. The molecule has 2 N–H and O–H groups in total. The van der Waals surface area contributed by atoms with E-state index < -0.39 is 0 Å². The highest BCUT2D eigenvalue weighted by Crippen LogP contribution is 2.14. The normalized spacial score (nSPS) is 15.1. The molecule has 90 valence electrons. The van der Waals surface area contributed by atoms with Crippen LogP contribution in [0, 0.1) is 11.8 Å². The summed E-state index contributed by atoms with van der Waals surface area (Å²) in [5.74, 6) is 0.212. The zero-order valence-corrected chi connectivity index (χ0v) is 10.5. The molecule has 0 radical (unpaired) electrons. The van der Waals surface area contributed by atoms with Crippen molar-refractivity contribution in [1.29, 1.82) is 0 Å². The fourth-order valence-electron chi connectivity index (χ4n) is 1.62. The Morgan fingerprint density at radius 1 is 1.33 bits per heavy atom. The van der Waals surface area contributed by atoms with Crippen molar-refractivity contribution in [3.63, 3.8) is 0 Å². The minimum absolute atomic E-state index is 0.0173. The summed E-state index contributed by atoms with van der Waals surface area (Å²) in [4.78, 5) is 11.7. The molecule has 3 nitrogen and oxygen atoms in total. The lowest BCUT2D eigenvalue weighted by Gasteiger charge is -2.19. The van der Waals surface area contributed by atoms with Crippen molar-refractivity contribution in [3.8, 4) is 0 Å². The summed E-state index contributed by atoms with van der Waals surface area (Å²) in [6.07, 6.45) is 2.79. The van der Waals surface area contributed by atoms with Gasteiger partial charge in [-0.15, -0.1) is 0 Å². The maximum atomic E-state index is 11.7. The molecule has 0 aromatic rings. The molecule has 0 aliphatic rings. The SMILES string of the molecule is CCCC(C)OC(=O)C(CN)CC(C)C. The summed E-state index contributed by atoms with van der Waals surface area (Å²) in [5, 5.41) is 0. The Bertz CT molecular complexity index is 180.